The van der Waals surface area contributed by atoms with Crippen molar-refractivity contribution < 1.29 is 9.84 Å². The lowest BCUT2D eigenvalue weighted by Crippen LogP contribution is -2.20. The van der Waals surface area contributed by atoms with Crippen LogP contribution in [-0.4, -0.2) is 35.3 Å². The number of methoxy groups -OCH3 is 1. The van der Waals surface area contributed by atoms with Crippen LogP contribution < -0.4 is 10.1 Å². The van der Waals surface area contributed by atoms with Crippen molar-refractivity contribution in [1.82, 2.24) is 9.97 Å². The molecule has 0 unspecified atom stereocenters. The van der Waals surface area contributed by atoms with Crippen molar-refractivity contribution in [2.75, 3.05) is 25.6 Å². The Morgan fingerprint density at radius 1 is 1.47 bits per heavy atom. The summed E-state index contributed by atoms with van der Waals surface area (Å²) in [6.45, 7) is 0.964. The molecule has 0 atom stereocenters. The van der Waals surface area contributed by atoms with E-state index in [0.717, 1.165) is 19.4 Å². The Morgan fingerprint density at radius 3 is 2.60 bits per heavy atom. The molecule has 2 rings (SSSR count). The third-order valence-corrected chi connectivity index (χ3v) is 2.78. The fourth-order valence-corrected chi connectivity index (χ4v) is 1.35. The molecule has 0 spiro atoms. The molecule has 15 heavy (non-hydrogen) atoms. The minimum atomic E-state index is 0.0727. The maximum absolute atomic E-state index is 9.12. The molecule has 1 saturated carbocycles. The smallest absolute Gasteiger partial charge is 0.222 e. The molecule has 1 heterocycles. The molecule has 0 radical (unpaired) electrons. The normalized spacial score (nSPS) is 17.2. The van der Waals surface area contributed by atoms with E-state index in [1.165, 1.54) is 0 Å². The van der Waals surface area contributed by atoms with Gasteiger partial charge in [-0.2, -0.15) is 0 Å². The number of anilines is 1. The van der Waals surface area contributed by atoms with Crippen LogP contribution in [0, 0.1) is 5.41 Å². The van der Waals surface area contributed by atoms with Crippen LogP contribution in [0.5, 0.6) is 5.75 Å². The number of ether oxygens (including phenoxy) is 1. The van der Waals surface area contributed by atoms with E-state index in [2.05, 4.69) is 15.3 Å². The first-order valence-electron chi connectivity index (χ1n) is 4.99. The predicted octanol–water partition coefficient (Wildman–Crippen LogP) is 0.670. The Balaban J connectivity index is 1.88. The van der Waals surface area contributed by atoms with Gasteiger partial charge >= 0.3 is 0 Å². The van der Waals surface area contributed by atoms with E-state index in [1.807, 2.05) is 0 Å². The zero-order valence-corrected chi connectivity index (χ0v) is 8.73. The van der Waals surface area contributed by atoms with E-state index in [-0.39, 0.29) is 12.0 Å². The summed E-state index contributed by atoms with van der Waals surface area (Å²) in [6.07, 6.45) is 5.39. The lowest BCUT2D eigenvalue weighted by Gasteiger charge is -2.12. The Kier molecular flexibility index (Phi) is 2.73. The highest BCUT2D eigenvalue weighted by atomic mass is 16.5. The van der Waals surface area contributed by atoms with Crippen LogP contribution >= 0.6 is 0 Å². The van der Waals surface area contributed by atoms with E-state index in [1.54, 1.807) is 19.5 Å². The van der Waals surface area contributed by atoms with Gasteiger partial charge in [0.05, 0.1) is 26.1 Å². The second-order valence-electron chi connectivity index (χ2n) is 3.96. The second-order valence-corrected chi connectivity index (χ2v) is 3.96. The van der Waals surface area contributed by atoms with E-state index in [4.69, 9.17) is 9.84 Å². The zero-order valence-electron chi connectivity index (χ0n) is 8.73. The van der Waals surface area contributed by atoms with Crippen LogP contribution in [0.25, 0.3) is 0 Å². The summed E-state index contributed by atoms with van der Waals surface area (Å²) in [4.78, 5) is 8.17. The van der Waals surface area contributed by atoms with Crippen molar-refractivity contribution in [2.45, 2.75) is 12.8 Å². The van der Waals surface area contributed by atoms with Crippen LogP contribution in [0.2, 0.25) is 0 Å². The van der Waals surface area contributed by atoms with Crippen LogP contribution in [0.4, 0.5) is 5.95 Å². The summed E-state index contributed by atoms with van der Waals surface area (Å²) in [5.41, 5.74) is 0.0727. The number of hydrogen-bond acceptors (Lipinski definition) is 5. The maximum atomic E-state index is 9.12. The van der Waals surface area contributed by atoms with Crippen molar-refractivity contribution in [3.63, 3.8) is 0 Å². The molecule has 82 valence electrons. The monoisotopic (exact) mass is 209 g/mol. The topological polar surface area (TPSA) is 67.3 Å². The average Bonchev–Trinajstić information content (AvgIpc) is 3.08. The number of aliphatic hydroxyl groups excluding tert-OH is 1. The molecule has 0 saturated heterocycles. The molecular formula is C10H15N3O2. The molecule has 0 aromatic carbocycles. The SMILES string of the molecule is COc1cnc(NCC2(CO)CC2)nc1. The van der Waals surface area contributed by atoms with Gasteiger partial charge in [-0.25, -0.2) is 9.97 Å². The standard InChI is InChI=1S/C10H15N3O2/c1-15-8-4-11-9(12-5-8)13-6-10(7-14)2-3-10/h4-5,14H,2-3,6-7H2,1H3,(H,11,12,13). The van der Waals surface area contributed by atoms with E-state index in [0.29, 0.717) is 11.7 Å². The summed E-state index contributed by atoms with van der Waals surface area (Å²) < 4.78 is 4.96. The number of nitrogens with zero attached hydrogens (tertiary/aromatic N) is 2. The van der Waals surface area contributed by atoms with Crippen LogP contribution in [0.3, 0.4) is 0 Å². The Labute approximate surface area is 88.5 Å². The number of rotatable bonds is 5. The fourth-order valence-electron chi connectivity index (χ4n) is 1.35. The Hall–Kier alpha value is -1.36. The lowest BCUT2D eigenvalue weighted by atomic mass is 10.1. The molecule has 0 amide bonds. The Morgan fingerprint density at radius 2 is 2.13 bits per heavy atom. The van der Waals surface area contributed by atoms with Gasteiger partial charge in [-0.05, 0) is 12.8 Å². The van der Waals surface area contributed by atoms with Crippen molar-refractivity contribution in [2.24, 2.45) is 5.41 Å². The first-order chi connectivity index (χ1) is 7.28. The van der Waals surface area contributed by atoms with Crippen molar-refractivity contribution in [3.05, 3.63) is 12.4 Å². The number of aliphatic hydroxyl groups is 1. The van der Waals surface area contributed by atoms with Crippen molar-refractivity contribution in [1.29, 1.82) is 0 Å². The third kappa shape index (κ3) is 2.36. The lowest BCUT2D eigenvalue weighted by molar-refractivity contribution is 0.219. The highest BCUT2D eigenvalue weighted by Crippen LogP contribution is 2.44. The predicted molar refractivity (Wildman–Crippen MR) is 55.8 cm³/mol. The number of hydrogen-bond donors (Lipinski definition) is 2. The summed E-state index contributed by atoms with van der Waals surface area (Å²) in [5, 5.41) is 12.2. The van der Waals surface area contributed by atoms with Crippen LogP contribution in [0.15, 0.2) is 12.4 Å². The molecule has 2 N–H and O–H groups in total. The van der Waals surface area contributed by atoms with Gasteiger partial charge in [0.25, 0.3) is 0 Å². The third-order valence-electron chi connectivity index (χ3n) is 2.78. The Bertz CT molecular complexity index is 322. The van der Waals surface area contributed by atoms with Gasteiger partial charge in [0, 0.05) is 12.0 Å². The maximum Gasteiger partial charge on any atom is 0.222 e. The van der Waals surface area contributed by atoms with Crippen LogP contribution in [-0.2, 0) is 0 Å². The summed E-state index contributed by atoms with van der Waals surface area (Å²) in [6, 6.07) is 0. The molecule has 1 aromatic heterocycles. The van der Waals surface area contributed by atoms with Gasteiger partial charge in [-0.3, -0.25) is 0 Å². The molecule has 0 bridgehead atoms. The zero-order chi connectivity index (χ0) is 10.7. The van der Waals surface area contributed by atoms with Crippen molar-refractivity contribution >= 4 is 5.95 Å². The molecule has 1 aromatic rings. The van der Waals surface area contributed by atoms with E-state index < -0.39 is 0 Å². The molecule has 0 aliphatic heterocycles. The van der Waals surface area contributed by atoms with Gasteiger partial charge in [0.15, 0.2) is 5.75 Å². The highest BCUT2D eigenvalue weighted by molar-refractivity contribution is 5.28. The van der Waals surface area contributed by atoms with E-state index in [9.17, 15) is 0 Å². The fraction of sp³-hybridized carbons (Fsp3) is 0.600. The largest absolute Gasteiger partial charge is 0.494 e. The minimum Gasteiger partial charge on any atom is -0.494 e. The quantitative estimate of drug-likeness (QED) is 0.746. The van der Waals surface area contributed by atoms with Gasteiger partial charge in [-0.1, -0.05) is 0 Å². The average molecular weight is 209 g/mol. The molecule has 5 nitrogen and oxygen atoms in total. The van der Waals surface area contributed by atoms with Gasteiger partial charge in [0.2, 0.25) is 5.95 Å². The molecule has 1 fully saturated rings. The van der Waals surface area contributed by atoms with Gasteiger partial charge in [0.1, 0.15) is 0 Å². The van der Waals surface area contributed by atoms with Gasteiger partial charge in [-0.15, -0.1) is 0 Å². The second kappa shape index (κ2) is 4.02. The molecule has 1 aliphatic rings. The number of nitrogens with one attached hydrogen (secondary N) is 1. The highest BCUT2D eigenvalue weighted by Gasteiger charge is 2.41. The van der Waals surface area contributed by atoms with Gasteiger partial charge < -0.3 is 15.2 Å². The molecule has 5 heteroatoms. The summed E-state index contributed by atoms with van der Waals surface area (Å²) in [5.74, 6) is 1.22. The van der Waals surface area contributed by atoms with Crippen LogP contribution in [0.1, 0.15) is 12.8 Å². The summed E-state index contributed by atoms with van der Waals surface area (Å²) >= 11 is 0. The first-order valence-corrected chi connectivity index (χ1v) is 4.99. The van der Waals surface area contributed by atoms with E-state index >= 15 is 0 Å². The minimum absolute atomic E-state index is 0.0727. The first kappa shape index (κ1) is 10.2. The summed E-state index contributed by atoms with van der Waals surface area (Å²) in [7, 11) is 1.58. The molecule has 1 aliphatic carbocycles. The number of aromatic nitrogens is 2. The molecular weight excluding hydrogens is 194 g/mol. The van der Waals surface area contributed by atoms with Crippen molar-refractivity contribution in [3.8, 4) is 5.75 Å².